The number of hydrogen-bond acceptors (Lipinski definition) is 6. The average molecular weight is 423 g/mol. The summed E-state index contributed by atoms with van der Waals surface area (Å²) in [6.45, 7) is 6.40. The molecule has 162 valence electrons. The summed E-state index contributed by atoms with van der Waals surface area (Å²) in [6.07, 6.45) is 0.581. The standard InChI is InChI=1S/C23H25N3O5/c1-15(2)31-14-6-13-25-22(27)20(17-9-11-18(12-10-17)26(29)30)21(23(25)28)24-19-8-5-4-7-16(19)3/h4-5,7-12,15,24H,6,13-14H2,1-3H3. The molecule has 1 aliphatic heterocycles. The van der Waals surface area contributed by atoms with Crippen LogP contribution in [0.2, 0.25) is 0 Å². The van der Waals surface area contributed by atoms with E-state index in [0.717, 1.165) is 5.56 Å². The maximum atomic E-state index is 13.2. The fraction of sp³-hybridized carbons (Fsp3) is 0.304. The molecule has 1 N–H and O–H groups in total. The van der Waals surface area contributed by atoms with Crippen LogP contribution in [0, 0.1) is 17.0 Å². The van der Waals surface area contributed by atoms with Crippen molar-refractivity contribution in [3.8, 4) is 0 Å². The van der Waals surface area contributed by atoms with E-state index < -0.39 is 16.7 Å². The molecular formula is C23H25N3O5. The molecule has 0 radical (unpaired) electrons. The first-order valence-electron chi connectivity index (χ1n) is 10.1. The lowest BCUT2D eigenvalue weighted by Crippen LogP contribution is -2.34. The Labute approximate surface area is 180 Å². The number of nitrogens with zero attached hydrogens (tertiary/aromatic N) is 2. The molecule has 0 unspecified atom stereocenters. The van der Waals surface area contributed by atoms with Gasteiger partial charge < -0.3 is 10.1 Å². The number of carbonyl (C=O) groups is 2. The molecule has 3 rings (SSSR count). The van der Waals surface area contributed by atoms with Gasteiger partial charge in [-0.2, -0.15) is 0 Å². The minimum absolute atomic E-state index is 0.0667. The summed E-state index contributed by atoms with van der Waals surface area (Å²) in [5.74, 6) is -0.856. The number of aryl methyl sites for hydroxylation is 1. The van der Waals surface area contributed by atoms with E-state index in [4.69, 9.17) is 4.74 Å². The van der Waals surface area contributed by atoms with Crippen LogP contribution in [-0.4, -0.2) is 40.9 Å². The fourth-order valence-corrected chi connectivity index (χ4v) is 3.30. The Bertz CT molecular complexity index is 1030. The second kappa shape index (κ2) is 9.53. The first-order chi connectivity index (χ1) is 14.8. The first-order valence-corrected chi connectivity index (χ1v) is 10.1. The smallest absolute Gasteiger partial charge is 0.278 e. The largest absolute Gasteiger partial charge is 0.379 e. The highest BCUT2D eigenvalue weighted by atomic mass is 16.6. The van der Waals surface area contributed by atoms with E-state index in [-0.39, 0.29) is 29.6 Å². The number of amides is 2. The van der Waals surface area contributed by atoms with Gasteiger partial charge in [-0.1, -0.05) is 18.2 Å². The molecule has 8 nitrogen and oxygen atoms in total. The van der Waals surface area contributed by atoms with Gasteiger partial charge in [0.05, 0.1) is 16.6 Å². The molecule has 8 heteroatoms. The third kappa shape index (κ3) is 4.97. The molecule has 0 saturated heterocycles. The average Bonchev–Trinajstić information content (AvgIpc) is 2.96. The lowest BCUT2D eigenvalue weighted by atomic mass is 10.0. The van der Waals surface area contributed by atoms with Gasteiger partial charge in [0.2, 0.25) is 0 Å². The van der Waals surface area contributed by atoms with Crippen molar-refractivity contribution in [2.24, 2.45) is 0 Å². The van der Waals surface area contributed by atoms with E-state index in [1.807, 2.05) is 45.0 Å². The summed E-state index contributed by atoms with van der Waals surface area (Å²) in [4.78, 5) is 38.0. The molecule has 2 amide bonds. The van der Waals surface area contributed by atoms with Crippen LogP contribution in [0.15, 0.2) is 54.2 Å². The summed E-state index contributed by atoms with van der Waals surface area (Å²) in [7, 11) is 0. The van der Waals surface area contributed by atoms with E-state index in [2.05, 4.69) is 5.32 Å². The SMILES string of the molecule is Cc1ccccc1NC1=C(c2ccc([N+](=O)[O-])cc2)C(=O)N(CCCOC(C)C)C1=O. The lowest BCUT2D eigenvalue weighted by Gasteiger charge is -2.16. The van der Waals surface area contributed by atoms with Gasteiger partial charge in [-0.3, -0.25) is 24.6 Å². The van der Waals surface area contributed by atoms with Gasteiger partial charge >= 0.3 is 0 Å². The zero-order valence-electron chi connectivity index (χ0n) is 17.8. The zero-order valence-corrected chi connectivity index (χ0v) is 17.8. The number of nitro groups is 1. The highest BCUT2D eigenvalue weighted by Gasteiger charge is 2.39. The number of anilines is 1. The molecule has 0 atom stereocenters. The number of rotatable bonds is 9. The van der Waals surface area contributed by atoms with Crippen molar-refractivity contribution in [1.82, 2.24) is 4.90 Å². The van der Waals surface area contributed by atoms with Crippen LogP contribution in [-0.2, 0) is 14.3 Å². The van der Waals surface area contributed by atoms with Gasteiger partial charge in [-0.25, -0.2) is 0 Å². The van der Waals surface area contributed by atoms with Gasteiger partial charge in [0.15, 0.2) is 0 Å². The number of benzene rings is 2. The van der Waals surface area contributed by atoms with Crippen molar-refractivity contribution in [3.05, 3.63) is 75.5 Å². The molecule has 1 aliphatic rings. The number of nitrogens with one attached hydrogen (secondary N) is 1. The molecule has 2 aromatic carbocycles. The molecule has 0 bridgehead atoms. The predicted octanol–water partition coefficient (Wildman–Crippen LogP) is 3.91. The summed E-state index contributed by atoms with van der Waals surface area (Å²) in [6, 6.07) is 13.1. The zero-order chi connectivity index (χ0) is 22.5. The van der Waals surface area contributed by atoms with Crippen LogP contribution >= 0.6 is 0 Å². The van der Waals surface area contributed by atoms with Crippen LogP contribution in [0.5, 0.6) is 0 Å². The molecule has 31 heavy (non-hydrogen) atoms. The molecule has 0 fully saturated rings. The number of imide groups is 1. The molecule has 0 aromatic heterocycles. The number of nitro benzene ring substituents is 1. The number of ether oxygens (including phenoxy) is 1. The number of carbonyl (C=O) groups excluding carboxylic acids is 2. The van der Waals surface area contributed by atoms with Crippen LogP contribution < -0.4 is 5.32 Å². The van der Waals surface area contributed by atoms with Crippen molar-refractivity contribution in [2.45, 2.75) is 33.3 Å². The van der Waals surface area contributed by atoms with Crippen molar-refractivity contribution in [2.75, 3.05) is 18.5 Å². The van der Waals surface area contributed by atoms with E-state index in [0.29, 0.717) is 24.3 Å². The maximum absolute atomic E-state index is 13.2. The lowest BCUT2D eigenvalue weighted by molar-refractivity contribution is -0.384. The number of para-hydroxylation sites is 1. The third-order valence-electron chi connectivity index (χ3n) is 4.92. The van der Waals surface area contributed by atoms with Gasteiger partial charge in [0, 0.05) is 31.0 Å². The molecule has 1 heterocycles. The first kappa shape index (κ1) is 22.2. The molecule has 0 spiro atoms. The quantitative estimate of drug-likeness (QED) is 0.284. The van der Waals surface area contributed by atoms with Crippen molar-refractivity contribution >= 4 is 28.8 Å². The van der Waals surface area contributed by atoms with Crippen molar-refractivity contribution in [1.29, 1.82) is 0 Å². The van der Waals surface area contributed by atoms with Gasteiger partial charge in [0.25, 0.3) is 17.5 Å². The van der Waals surface area contributed by atoms with Crippen LogP contribution in [0.4, 0.5) is 11.4 Å². The Balaban J connectivity index is 1.94. The third-order valence-corrected chi connectivity index (χ3v) is 4.92. The maximum Gasteiger partial charge on any atom is 0.278 e. The highest BCUT2D eigenvalue weighted by molar-refractivity contribution is 6.36. The molecule has 2 aromatic rings. The predicted molar refractivity (Wildman–Crippen MR) is 117 cm³/mol. The van der Waals surface area contributed by atoms with Crippen LogP contribution in [0.3, 0.4) is 0 Å². The van der Waals surface area contributed by atoms with Gasteiger partial charge in [-0.15, -0.1) is 0 Å². The van der Waals surface area contributed by atoms with E-state index >= 15 is 0 Å². The van der Waals surface area contributed by atoms with Crippen LogP contribution in [0.1, 0.15) is 31.4 Å². The molecule has 0 saturated carbocycles. The second-order valence-electron chi connectivity index (χ2n) is 7.53. The summed E-state index contributed by atoms with van der Waals surface area (Å²) in [5.41, 5.74) is 2.36. The van der Waals surface area contributed by atoms with E-state index in [1.54, 1.807) is 0 Å². The van der Waals surface area contributed by atoms with Crippen molar-refractivity contribution in [3.63, 3.8) is 0 Å². The van der Waals surface area contributed by atoms with Crippen molar-refractivity contribution < 1.29 is 19.2 Å². The number of non-ortho nitro benzene ring substituents is 1. The van der Waals surface area contributed by atoms with Crippen LogP contribution in [0.25, 0.3) is 5.57 Å². The molecular weight excluding hydrogens is 398 g/mol. The van der Waals surface area contributed by atoms with E-state index in [9.17, 15) is 19.7 Å². The Kier molecular flexibility index (Phi) is 6.81. The molecule has 0 aliphatic carbocycles. The Morgan fingerprint density at radius 1 is 1.06 bits per heavy atom. The number of hydrogen-bond donors (Lipinski definition) is 1. The minimum atomic E-state index is -0.507. The Hall–Kier alpha value is -3.52. The summed E-state index contributed by atoms with van der Waals surface area (Å²) in [5, 5.41) is 14.1. The minimum Gasteiger partial charge on any atom is -0.379 e. The van der Waals surface area contributed by atoms with Gasteiger partial charge in [-0.05, 0) is 56.5 Å². The Morgan fingerprint density at radius 2 is 1.74 bits per heavy atom. The summed E-state index contributed by atoms with van der Waals surface area (Å²) < 4.78 is 5.52. The van der Waals surface area contributed by atoms with Gasteiger partial charge in [0.1, 0.15) is 5.70 Å². The monoisotopic (exact) mass is 423 g/mol. The highest BCUT2D eigenvalue weighted by Crippen LogP contribution is 2.32. The second-order valence-corrected chi connectivity index (χ2v) is 7.53. The summed E-state index contributed by atoms with van der Waals surface area (Å²) >= 11 is 0. The fourth-order valence-electron chi connectivity index (χ4n) is 3.30. The normalized spacial score (nSPS) is 14.0. The topological polar surface area (TPSA) is 102 Å². The Morgan fingerprint density at radius 3 is 2.35 bits per heavy atom. The van der Waals surface area contributed by atoms with E-state index in [1.165, 1.54) is 29.2 Å².